The predicted molar refractivity (Wildman–Crippen MR) is 91.8 cm³/mol. The summed E-state index contributed by atoms with van der Waals surface area (Å²) in [7, 11) is 0. The average Bonchev–Trinajstić information content (AvgIpc) is 3.08. The summed E-state index contributed by atoms with van der Waals surface area (Å²) in [5.41, 5.74) is 1.28. The van der Waals surface area contributed by atoms with Crippen molar-refractivity contribution in [3.63, 3.8) is 0 Å². The van der Waals surface area contributed by atoms with Crippen molar-refractivity contribution in [3.05, 3.63) is 64.9 Å². The van der Waals surface area contributed by atoms with Crippen LogP contribution in [0, 0.1) is 0 Å². The topological polar surface area (TPSA) is 118 Å². The minimum absolute atomic E-state index is 0.112. The fraction of sp³-hybridized carbons (Fsp3) is 0.118. The molecule has 26 heavy (non-hydrogen) atoms. The molecule has 8 nitrogen and oxygen atoms in total. The molecule has 1 aromatic carbocycles. The van der Waals surface area contributed by atoms with Crippen LogP contribution in [0.2, 0.25) is 5.02 Å². The lowest BCUT2D eigenvalue weighted by Crippen LogP contribution is -2.28. The SMILES string of the molecule is CC(NC(=O)c1cnccn1)c1c(-c2ccc(Cl)cc2)noc1C(=O)O. The zero-order valence-corrected chi connectivity index (χ0v) is 14.3. The molecule has 1 unspecified atom stereocenters. The Balaban J connectivity index is 1.96. The zero-order chi connectivity index (χ0) is 18.7. The van der Waals surface area contributed by atoms with Gasteiger partial charge in [-0.1, -0.05) is 28.9 Å². The molecule has 9 heteroatoms. The molecular weight excluding hydrogens is 360 g/mol. The summed E-state index contributed by atoms with van der Waals surface area (Å²) in [6.45, 7) is 1.63. The van der Waals surface area contributed by atoms with E-state index in [1.807, 2.05) is 0 Å². The largest absolute Gasteiger partial charge is 0.475 e. The quantitative estimate of drug-likeness (QED) is 0.706. The normalized spacial score (nSPS) is 11.8. The number of hydrogen-bond acceptors (Lipinski definition) is 6. The Morgan fingerprint density at radius 1 is 1.23 bits per heavy atom. The first-order chi connectivity index (χ1) is 12.5. The number of amides is 1. The highest BCUT2D eigenvalue weighted by molar-refractivity contribution is 6.30. The number of carboxylic acids is 1. The van der Waals surface area contributed by atoms with E-state index < -0.39 is 17.9 Å². The van der Waals surface area contributed by atoms with Gasteiger partial charge in [0.05, 0.1) is 17.8 Å². The van der Waals surface area contributed by atoms with Gasteiger partial charge in [-0.05, 0) is 19.1 Å². The van der Waals surface area contributed by atoms with Crippen LogP contribution in [0.3, 0.4) is 0 Å². The van der Waals surface area contributed by atoms with E-state index in [9.17, 15) is 14.7 Å². The van der Waals surface area contributed by atoms with Crippen LogP contribution in [0.25, 0.3) is 11.3 Å². The Hall–Kier alpha value is -3.26. The van der Waals surface area contributed by atoms with Gasteiger partial charge in [-0.15, -0.1) is 0 Å². The van der Waals surface area contributed by atoms with Gasteiger partial charge in [-0.2, -0.15) is 0 Å². The molecule has 0 aliphatic carbocycles. The molecule has 2 N–H and O–H groups in total. The predicted octanol–water partition coefficient (Wildman–Crippen LogP) is 2.97. The van der Waals surface area contributed by atoms with Gasteiger partial charge in [0.15, 0.2) is 0 Å². The number of carboxylic acid groups (broad SMARTS) is 1. The van der Waals surface area contributed by atoms with Crippen LogP contribution in [0.15, 0.2) is 47.4 Å². The van der Waals surface area contributed by atoms with Crippen molar-refractivity contribution >= 4 is 23.5 Å². The minimum atomic E-state index is -1.28. The fourth-order valence-corrected chi connectivity index (χ4v) is 2.55. The number of nitrogens with one attached hydrogen (secondary N) is 1. The summed E-state index contributed by atoms with van der Waals surface area (Å²) in [4.78, 5) is 31.5. The summed E-state index contributed by atoms with van der Waals surface area (Å²) in [6.07, 6.45) is 4.15. The standard InChI is InChI=1S/C17H13ClN4O4/c1-9(21-16(23)12-8-19-6-7-20-12)13-14(22-26-15(13)17(24)25)10-2-4-11(18)5-3-10/h2-9H,1H3,(H,21,23)(H,24,25). The van der Waals surface area contributed by atoms with Crippen molar-refractivity contribution < 1.29 is 19.2 Å². The number of nitrogens with zero attached hydrogens (tertiary/aromatic N) is 3. The molecule has 0 aliphatic rings. The smallest absolute Gasteiger partial charge is 0.375 e. The van der Waals surface area contributed by atoms with Crippen LogP contribution >= 0.6 is 11.6 Å². The average molecular weight is 373 g/mol. The highest BCUT2D eigenvalue weighted by Gasteiger charge is 2.28. The molecule has 2 aromatic heterocycles. The molecule has 0 aliphatic heterocycles. The number of aromatic nitrogens is 3. The van der Waals surface area contributed by atoms with Crippen molar-refractivity contribution in [2.75, 3.05) is 0 Å². The third-order valence-corrected chi connectivity index (χ3v) is 3.87. The monoisotopic (exact) mass is 372 g/mol. The molecular formula is C17H13ClN4O4. The Kier molecular flexibility index (Phi) is 4.94. The molecule has 1 atom stereocenters. The highest BCUT2D eigenvalue weighted by Crippen LogP contribution is 2.31. The molecule has 1 amide bonds. The molecule has 0 bridgehead atoms. The number of hydrogen-bond donors (Lipinski definition) is 2. The second-order valence-corrected chi connectivity index (χ2v) is 5.81. The summed E-state index contributed by atoms with van der Waals surface area (Å²) >= 11 is 5.89. The number of carbonyl (C=O) groups excluding carboxylic acids is 1. The first kappa shape index (κ1) is 17.6. The van der Waals surface area contributed by atoms with Gasteiger partial charge in [0.2, 0.25) is 5.76 Å². The molecule has 0 saturated carbocycles. The third kappa shape index (κ3) is 3.55. The number of halogens is 1. The van der Waals surface area contributed by atoms with E-state index in [1.54, 1.807) is 31.2 Å². The first-order valence-corrected chi connectivity index (χ1v) is 7.91. The lowest BCUT2D eigenvalue weighted by atomic mass is 10.0. The maximum atomic E-state index is 12.3. The minimum Gasteiger partial charge on any atom is -0.475 e. The lowest BCUT2D eigenvalue weighted by molar-refractivity contribution is 0.0648. The maximum absolute atomic E-state index is 12.3. The molecule has 3 rings (SSSR count). The maximum Gasteiger partial charge on any atom is 0.375 e. The van der Waals surface area contributed by atoms with Gasteiger partial charge in [0, 0.05) is 23.0 Å². The Morgan fingerprint density at radius 3 is 2.58 bits per heavy atom. The van der Waals surface area contributed by atoms with Gasteiger partial charge in [-0.25, -0.2) is 9.78 Å². The molecule has 2 heterocycles. The Morgan fingerprint density at radius 2 is 1.96 bits per heavy atom. The Bertz CT molecular complexity index is 941. The number of carbonyl (C=O) groups is 2. The summed E-state index contributed by atoms with van der Waals surface area (Å²) in [6, 6.07) is 5.98. The third-order valence-electron chi connectivity index (χ3n) is 3.62. The summed E-state index contributed by atoms with van der Waals surface area (Å²) in [5, 5.41) is 16.5. The molecule has 0 fully saturated rings. The van der Waals surface area contributed by atoms with E-state index in [0.717, 1.165) is 0 Å². The second-order valence-electron chi connectivity index (χ2n) is 5.37. The van der Waals surface area contributed by atoms with Gasteiger partial charge in [-0.3, -0.25) is 9.78 Å². The van der Waals surface area contributed by atoms with Crippen LogP contribution in [0.5, 0.6) is 0 Å². The van der Waals surface area contributed by atoms with Crippen LogP contribution in [-0.2, 0) is 0 Å². The van der Waals surface area contributed by atoms with Crippen LogP contribution in [0.1, 0.15) is 39.6 Å². The van der Waals surface area contributed by atoms with Crippen molar-refractivity contribution in [2.24, 2.45) is 0 Å². The van der Waals surface area contributed by atoms with E-state index in [1.165, 1.54) is 18.6 Å². The van der Waals surface area contributed by atoms with Gasteiger partial charge in [0.25, 0.3) is 5.91 Å². The zero-order valence-electron chi connectivity index (χ0n) is 13.5. The second kappa shape index (κ2) is 7.32. The van der Waals surface area contributed by atoms with Crippen molar-refractivity contribution in [1.82, 2.24) is 20.4 Å². The molecule has 0 saturated heterocycles. The molecule has 0 spiro atoms. The lowest BCUT2D eigenvalue weighted by Gasteiger charge is -2.14. The number of aromatic carboxylic acids is 1. The number of rotatable bonds is 5. The van der Waals surface area contributed by atoms with Crippen LogP contribution < -0.4 is 5.32 Å². The van der Waals surface area contributed by atoms with Crippen molar-refractivity contribution in [1.29, 1.82) is 0 Å². The van der Waals surface area contributed by atoms with Gasteiger partial charge >= 0.3 is 5.97 Å². The Labute approximate surface area is 152 Å². The van der Waals surface area contributed by atoms with E-state index in [0.29, 0.717) is 16.3 Å². The van der Waals surface area contributed by atoms with Crippen LogP contribution in [0.4, 0.5) is 0 Å². The summed E-state index contributed by atoms with van der Waals surface area (Å²) < 4.78 is 4.99. The molecule has 0 radical (unpaired) electrons. The van der Waals surface area contributed by atoms with E-state index >= 15 is 0 Å². The van der Waals surface area contributed by atoms with E-state index in [-0.39, 0.29) is 17.0 Å². The van der Waals surface area contributed by atoms with Crippen molar-refractivity contribution in [2.45, 2.75) is 13.0 Å². The van der Waals surface area contributed by atoms with Crippen LogP contribution in [-0.4, -0.2) is 32.1 Å². The van der Waals surface area contributed by atoms with Gasteiger partial charge in [0.1, 0.15) is 11.4 Å². The van der Waals surface area contributed by atoms with Crippen molar-refractivity contribution in [3.8, 4) is 11.3 Å². The highest BCUT2D eigenvalue weighted by atomic mass is 35.5. The fourth-order valence-electron chi connectivity index (χ4n) is 2.43. The first-order valence-electron chi connectivity index (χ1n) is 7.53. The van der Waals surface area contributed by atoms with E-state index in [2.05, 4.69) is 20.4 Å². The number of benzene rings is 1. The van der Waals surface area contributed by atoms with E-state index in [4.69, 9.17) is 16.1 Å². The molecule has 3 aromatic rings. The summed E-state index contributed by atoms with van der Waals surface area (Å²) in [5.74, 6) is -2.12. The van der Waals surface area contributed by atoms with Gasteiger partial charge < -0.3 is 14.9 Å². The molecule has 132 valence electrons.